The lowest BCUT2D eigenvalue weighted by Gasteiger charge is -2.20. The molecule has 1 aliphatic rings. The van der Waals surface area contributed by atoms with Gasteiger partial charge < -0.3 is 9.47 Å². The molecular formula is C23H27N3O2. The lowest BCUT2D eigenvalue weighted by atomic mass is 10.1. The second-order valence-electron chi connectivity index (χ2n) is 7.09. The molecule has 0 saturated heterocycles. The van der Waals surface area contributed by atoms with Crippen molar-refractivity contribution in [1.29, 1.82) is 0 Å². The van der Waals surface area contributed by atoms with Crippen molar-refractivity contribution in [3.63, 3.8) is 0 Å². The fourth-order valence-electron chi connectivity index (χ4n) is 3.76. The van der Waals surface area contributed by atoms with E-state index in [1.807, 2.05) is 19.1 Å². The van der Waals surface area contributed by atoms with Crippen LogP contribution in [0.1, 0.15) is 24.6 Å². The number of aromatic nitrogens is 2. The van der Waals surface area contributed by atoms with Crippen LogP contribution in [-0.2, 0) is 19.6 Å². The maximum atomic E-state index is 5.63. The van der Waals surface area contributed by atoms with Gasteiger partial charge in [-0.15, -0.1) is 0 Å². The molecule has 146 valence electrons. The Hall–Kier alpha value is -2.79. The first-order valence-electron chi connectivity index (χ1n) is 9.91. The Morgan fingerprint density at radius 1 is 1.00 bits per heavy atom. The summed E-state index contributed by atoms with van der Waals surface area (Å²) in [6.07, 6.45) is 1.09. The highest BCUT2D eigenvalue weighted by Crippen LogP contribution is 2.29. The normalized spacial score (nSPS) is 14.4. The molecule has 2 heterocycles. The number of hydrogen-bond acceptors (Lipinski definition) is 4. The van der Waals surface area contributed by atoms with E-state index in [4.69, 9.17) is 14.6 Å². The van der Waals surface area contributed by atoms with Gasteiger partial charge in [0.15, 0.2) is 11.5 Å². The Morgan fingerprint density at radius 2 is 1.86 bits per heavy atom. The number of hydrogen-bond donors (Lipinski definition) is 0. The predicted octanol–water partition coefficient (Wildman–Crippen LogP) is 4.36. The topological polar surface area (TPSA) is 39.5 Å². The van der Waals surface area contributed by atoms with Crippen LogP contribution in [0.15, 0.2) is 54.6 Å². The van der Waals surface area contributed by atoms with Gasteiger partial charge in [-0.2, -0.15) is 5.10 Å². The van der Waals surface area contributed by atoms with E-state index in [0.717, 1.165) is 49.8 Å². The third-order valence-corrected chi connectivity index (χ3v) is 5.10. The first-order chi connectivity index (χ1) is 13.8. The largest absolute Gasteiger partial charge is 0.493 e. The maximum Gasteiger partial charge on any atom is 0.161 e. The van der Waals surface area contributed by atoms with Crippen molar-refractivity contribution < 1.29 is 9.47 Å². The monoisotopic (exact) mass is 377 g/mol. The van der Waals surface area contributed by atoms with Crippen LogP contribution in [-0.4, -0.2) is 34.9 Å². The van der Waals surface area contributed by atoms with Crippen LogP contribution in [0.4, 0.5) is 0 Å². The van der Waals surface area contributed by atoms with Gasteiger partial charge in [0.25, 0.3) is 0 Å². The first kappa shape index (κ1) is 18.6. The Balaban J connectivity index is 1.51. The van der Waals surface area contributed by atoms with Crippen molar-refractivity contribution in [2.75, 3.05) is 20.3 Å². The van der Waals surface area contributed by atoms with E-state index in [0.29, 0.717) is 6.61 Å². The molecule has 5 heteroatoms. The lowest BCUT2D eigenvalue weighted by molar-refractivity contribution is 0.260. The number of nitrogens with zero attached hydrogens (tertiary/aromatic N) is 3. The number of rotatable bonds is 6. The lowest BCUT2D eigenvalue weighted by Crippen LogP contribution is -2.22. The predicted molar refractivity (Wildman–Crippen MR) is 111 cm³/mol. The van der Waals surface area contributed by atoms with Gasteiger partial charge >= 0.3 is 0 Å². The summed E-state index contributed by atoms with van der Waals surface area (Å²) < 4.78 is 13.3. The van der Waals surface area contributed by atoms with Crippen molar-refractivity contribution in [2.45, 2.75) is 33.0 Å². The molecule has 28 heavy (non-hydrogen) atoms. The van der Waals surface area contributed by atoms with E-state index in [-0.39, 0.29) is 0 Å². The molecule has 0 N–H and O–H groups in total. The second-order valence-corrected chi connectivity index (χ2v) is 7.09. The van der Waals surface area contributed by atoms with E-state index in [1.165, 1.54) is 16.8 Å². The Bertz CT molecular complexity index is 921. The van der Waals surface area contributed by atoms with E-state index in [9.17, 15) is 0 Å². The minimum Gasteiger partial charge on any atom is -0.493 e. The highest BCUT2D eigenvalue weighted by Gasteiger charge is 2.18. The van der Waals surface area contributed by atoms with Crippen LogP contribution in [0.25, 0.3) is 11.3 Å². The SMILES string of the molecule is CCOc1ccc(CN2CCCn3nc(-c4ccccc4)cc3C2)cc1OC. The average Bonchev–Trinajstić information content (AvgIpc) is 3.03. The fraction of sp³-hybridized carbons (Fsp3) is 0.348. The Kier molecular flexibility index (Phi) is 5.63. The number of aryl methyl sites for hydroxylation is 1. The molecule has 3 aromatic rings. The van der Waals surface area contributed by atoms with Crippen LogP contribution in [0.5, 0.6) is 11.5 Å². The van der Waals surface area contributed by atoms with Crippen LogP contribution in [0.3, 0.4) is 0 Å². The number of fused-ring (bicyclic) bond motifs is 1. The van der Waals surface area contributed by atoms with E-state index in [1.54, 1.807) is 7.11 Å². The molecule has 0 radical (unpaired) electrons. The first-order valence-corrected chi connectivity index (χ1v) is 9.91. The number of ether oxygens (including phenoxy) is 2. The van der Waals surface area contributed by atoms with Gasteiger partial charge in [0.05, 0.1) is 25.1 Å². The van der Waals surface area contributed by atoms with Gasteiger partial charge in [0.1, 0.15) is 0 Å². The van der Waals surface area contributed by atoms with E-state index in [2.05, 4.69) is 52.0 Å². The zero-order valence-electron chi connectivity index (χ0n) is 16.6. The van der Waals surface area contributed by atoms with Crippen molar-refractivity contribution in [2.24, 2.45) is 0 Å². The standard InChI is InChI=1S/C23H27N3O2/c1-3-28-22-11-10-18(14-23(22)27-2)16-25-12-7-13-26-20(17-25)15-21(24-26)19-8-5-4-6-9-19/h4-6,8-11,14-15H,3,7,12-13,16-17H2,1-2H3. The van der Waals surface area contributed by atoms with Crippen LogP contribution < -0.4 is 9.47 Å². The summed E-state index contributed by atoms with van der Waals surface area (Å²) in [5.41, 5.74) is 4.73. The van der Waals surface area contributed by atoms with Crippen molar-refractivity contribution in [1.82, 2.24) is 14.7 Å². The van der Waals surface area contributed by atoms with Gasteiger partial charge in [-0.3, -0.25) is 9.58 Å². The molecular weight excluding hydrogens is 350 g/mol. The molecule has 0 saturated carbocycles. The van der Waals surface area contributed by atoms with Crippen molar-refractivity contribution in [3.8, 4) is 22.8 Å². The Morgan fingerprint density at radius 3 is 2.64 bits per heavy atom. The van der Waals surface area contributed by atoms with Crippen molar-refractivity contribution in [3.05, 3.63) is 65.9 Å². The molecule has 4 rings (SSSR count). The van der Waals surface area contributed by atoms with Crippen molar-refractivity contribution >= 4 is 0 Å². The van der Waals surface area contributed by atoms with Crippen LogP contribution in [0.2, 0.25) is 0 Å². The molecule has 0 atom stereocenters. The minimum atomic E-state index is 0.634. The fourth-order valence-corrected chi connectivity index (χ4v) is 3.76. The molecule has 2 aromatic carbocycles. The second kappa shape index (κ2) is 8.48. The summed E-state index contributed by atoms with van der Waals surface area (Å²) in [5.74, 6) is 1.60. The van der Waals surface area contributed by atoms with Crippen LogP contribution >= 0.6 is 0 Å². The summed E-state index contributed by atoms with van der Waals surface area (Å²) in [4.78, 5) is 2.48. The Labute approximate surface area is 166 Å². The number of methoxy groups -OCH3 is 1. The molecule has 0 fully saturated rings. The van der Waals surface area contributed by atoms with Gasteiger partial charge in [-0.25, -0.2) is 0 Å². The molecule has 1 aromatic heterocycles. The molecule has 0 spiro atoms. The minimum absolute atomic E-state index is 0.634. The highest BCUT2D eigenvalue weighted by molar-refractivity contribution is 5.59. The molecule has 0 unspecified atom stereocenters. The summed E-state index contributed by atoms with van der Waals surface area (Å²) in [7, 11) is 1.69. The summed E-state index contributed by atoms with van der Waals surface area (Å²) in [6, 6.07) is 18.8. The van der Waals surface area contributed by atoms with Gasteiger partial charge in [0.2, 0.25) is 0 Å². The summed E-state index contributed by atoms with van der Waals surface area (Å²) in [5, 5.41) is 4.84. The number of benzene rings is 2. The highest BCUT2D eigenvalue weighted by atomic mass is 16.5. The molecule has 0 bridgehead atoms. The molecule has 1 aliphatic heterocycles. The zero-order chi connectivity index (χ0) is 19.3. The quantitative estimate of drug-likeness (QED) is 0.640. The molecule has 0 aliphatic carbocycles. The average molecular weight is 377 g/mol. The molecule has 5 nitrogen and oxygen atoms in total. The van der Waals surface area contributed by atoms with E-state index >= 15 is 0 Å². The van der Waals surface area contributed by atoms with E-state index < -0.39 is 0 Å². The smallest absolute Gasteiger partial charge is 0.161 e. The summed E-state index contributed by atoms with van der Waals surface area (Å²) >= 11 is 0. The maximum absolute atomic E-state index is 5.63. The van der Waals surface area contributed by atoms with Gasteiger partial charge in [0, 0.05) is 31.7 Å². The zero-order valence-corrected chi connectivity index (χ0v) is 16.6. The molecule has 0 amide bonds. The third-order valence-electron chi connectivity index (χ3n) is 5.10. The van der Waals surface area contributed by atoms with Crippen LogP contribution in [0, 0.1) is 0 Å². The third kappa shape index (κ3) is 4.04. The van der Waals surface area contributed by atoms with Gasteiger partial charge in [-0.05, 0) is 37.1 Å². The van der Waals surface area contributed by atoms with Gasteiger partial charge in [-0.1, -0.05) is 36.4 Å². The summed E-state index contributed by atoms with van der Waals surface area (Å²) in [6.45, 7) is 6.42.